The lowest BCUT2D eigenvalue weighted by Crippen LogP contribution is -2.66. The minimum absolute atomic E-state index is 0.0744. The molecule has 1 N–H and O–H groups in total. The van der Waals surface area contributed by atoms with Crippen molar-refractivity contribution >= 4 is 35.8 Å². The first-order valence-electron chi connectivity index (χ1n) is 36.1. The first-order valence-corrected chi connectivity index (χ1v) is 37.7. The highest BCUT2D eigenvalue weighted by molar-refractivity contribution is 7.74. The van der Waals surface area contributed by atoms with Gasteiger partial charge in [0.1, 0.15) is 31.1 Å². The minimum atomic E-state index is -4.21. The lowest BCUT2D eigenvalue weighted by Gasteiger charge is -2.46. The van der Waals surface area contributed by atoms with Crippen LogP contribution in [0.25, 0.3) is 0 Å². The van der Waals surface area contributed by atoms with Crippen molar-refractivity contribution in [1.82, 2.24) is 5.32 Å². The first-order chi connectivity index (χ1) is 45.9. The Kier molecular flexibility index (Phi) is 41.1. The van der Waals surface area contributed by atoms with Gasteiger partial charge < -0.3 is 43.0 Å². The smallest absolute Gasteiger partial charge is 0.377 e. The molecule has 1 aliphatic rings. The van der Waals surface area contributed by atoms with Gasteiger partial charge in [-0.05, 0) is 61.1 Å². The molecule has 4 aromatic rings. The molecule has 94 heavy (non-hydrogen) atoms. The second kappa shape index (κ2) is 48.6. The summed E-state index contributed by atoms with van der Waals surface area (Å²) in [6.45, 7) is 10.4. The van der Waals surface area contributed by atoms with Crippen LogP contribution < -0.4 is 15.9 Å². The van der Waals surface area contributed by atoms with Crippen LogP contribution in [0.2, 0.25) is 0 Å². The number of alkyl halides is 2. The van der Waals surface area contributed by atoms with Gasteiger partial charge in [-0.15, -0.1) is 6.58 Å². The Labute approximate surface area is 563 Å². The monoisotopic (exact) mass is 1330 g/mol. The number of hydrogen-bond acceptors (Lipinski definition) is 12. The van der Waals surface area contributed by atoms with E-state index >= 15 is 22.9 Å². The topological polar surface area (TPSA) is 154 Å². The summed E-state index contributed by atoms with van der Waals surface area (Å²) in [5.41, 5.74) is 1.86. The number of esters is 2. The average Bonchev–Trinajstić information content (AvgIpc) is 0.773. The maximum absolute atomic E-state index is 16.2. The van der Waals surface area contributed by atoms with Gasteiger partial charge in [-0.3, -0.25) is 14.2 Å². The third-order valence-electron chi connectivity index (χ3n) is 17.5. The van der Waals surface area contributed by atoms with Crippen molar-refractivity contribution in [3.63, 3.8) is 0 Å². The van der Waals surface area contributed by atoms with E-state index in [-0.39, 0.29) is 52.5 Å². The zero-order chi connectivity index (χ0) is 67.2. The Morgan fingerprint density at radius 2 is 1.01 bits per heavy atom. The summed E-state index contributed by atoms with van der Waals surface area (Å²) in [6, 6.07) is 35.3. The highest BCUT2D eigenvalue weighted by Gasteiger charge is 2.53. The van der Waals surface area contributed by atoms with Crippen LogP contribution in [-0.2, 0) is 69.8 Å². The molecule has 0 saturated carbocycles. The predicted octanol–water partition coefficient (Wildman–Crippen LogP) is 18.9. The number of carbonyl (C=O) groups excluding carboxylic acids is 3. The van der Waals surface area contributed by atoms with Crippen LogP contribution in [0.1, 0.15) is 244 Å². The maximum atomic E-state index is 16.2. The van der Waals surface area contributed by atoms with Gasteiger partial charge in [0.15, 0.2) is 12.4 Å². The van der Waals surface area contributed by atoms with E-state index in [1.54, 1.807) is 60.7 Å². The van der Waals surface area contributed by atoms with Gasteiger partial charge in [-0.2, -0.15) is 8.78 Å². The summed E-state index contributed by atoms with van der Waals surface area (Å²) >= 11 is 0. The highest BCUT2D eigenvalue weighted by atomic mass is 31.2. The van der Waals surface area contributed by atoms with Gasteiger partial charge in [0, 0.05) is 17.0 Å². The number of ether oxygens (including phenoxy) is 7. The zero-order valence-corrected chi connectivity index (χ0v) is 58.2. The summed E-state index contributed by atoms with van der Waals surface area (Å²) in [7, 11) is -4.21. The summed E-state index contributed by atoms with van der Waals surface area (Å²) in [5, 5.41) is 3.77. The number of rotatable bonds is 55. The van der Waals surface area contributed by atoms with Gasteiger partial charge in [0.2, 0.25) is 5.91 Å². The van der Waals surface area contributed by atoms with E-state index in [9.17, 15) is 4.79 Å². The van der Waals surface area contributed by atoms with E-state index < -0.39 is 86.8 Å². The summed E-state index contributed by atoms with van der Waals surface area (Å²) < 4.78 is 99.6. The summed E-state index contributed by atoms with van der Waals surface area (Å²) in [4.78, 5) is 43.9. The van der Waals surface area contributed by atoms with Gasteiger partial charge >= 0.3 is 17.9 Å². The summed E-state index contributed by atoms with van der Waals surface area (Å²) in [5.74, 6) is -6.90. The minimum Gasteiger partial charge on any atom is -0.457 e. The van der Waals surface area contributed by atoms with E-state index in [0.29, 0.717) is 29.9 Å². The van der Waals surface area contributed by atoms with Crippen molar-refractivity contribution in [3.8, 4) is 0 Å². The quantitative estimate of drug-likeness (QED) is 0.0147. The second-order valence-corrected chi connectivity index (χ2v) is 27.9. The Morgan fingerprint density at radius 1 is 0.564 bits per heavy atom. The molecular formula is C78H116F2NO12P. The molecule has 524 valence electrons. The number of halogens is 2. The van der Waals surface area contributed by atoms with Gasteiger partial charge in [-0.1, -0.05) is 291 Å². The van der Waals surface area contributed by atoms with Crippen LogP contribution in [0.3, 0.4) is 0 Å². The first kappa shape index (κ1) is 79.6. The van der Waals surface area contributed by atoms with Gasteiger partial charge in [-0.25, -0.2) is 4.79 Å². The standard InChI is InChI=1S/C78H116F2NO12P/c1-5-9-12-15-18-21-24-27-30-45-56-78(79,80)77(84)90-67(51-40-29-26-23-20-17-14-11-7-3)59-72(83)92-75-73(81-71(82)58-66(89-61-65-48-37-32-38-49-65)50-39-28-25-22-19-16-13-10-6-2)76(88-57-8-4)91-70(62-87-63-86-60-64-46-35-31-36-47-64)74(75)93-94(85,68-52-41-33-42-53-68)69-54-43-34-44-55-69/h8,31-38,41-44,46-49,52-55,66-67,70,73-76H,4-7,9-30,39-40,45,50-51,56-63H2,1-3H3,(H,81,82)/t66-,67-,70-,73-,74-,75-,76-/m1/s1. The van der Waals surface area contributed by atoms with E-state index in [1.807, 2.05) is 60.7 Å². The van der Waals surface area contributed by atoms with E-state index in [4.69, 9.17) is 37.7 Å². The second-order valence-electron chi connectivity index (χ2n) is 25.6. The van der Waals surface area contributed by atoms with Crippen LogP contribution in [0.15, 0.2) is 134 Å². The molecule has 1 amide bonds. The van der Waals surface area contributed by atoms with Crippen LogP contribution in [0.4, 0.5) is 8.78 Å². The Bertz CT molecular complexity index is 2600. The SMILES string of the molecule is C=CCO[C@@H]1O[C@H](COCOCc2ccccc2)[C@@H](OP(=O)(c2ccccc2)c2ccccc2)[C@H](OC(=O)C[C@@H](CCCCCCCCCCC)OC(=O)C(F)(F)CCCCCCCCCCCC)[C@H]1NC(=O)C[C@@H](CCCCCCCCCCC)OCc1ccccc1. The van der Waals surface area contributed by atoms with Gasteiger partial charge in [0.25, 0.3) is 7.37 Å². The molecule has 1 saturated heterocycles. The molecule has 4 aromatic carbocycles. The molecule has 0 aliphatic carbocycles. The molecule has 0 aromatic heterocycles. The molecule has 0 unspecified atom stereocenters. The Hall–Kier alpha value is -5.12. The van der Waals surface area contributed by atoms with E-state index in [2.05, 4.69) is 32.7 Å². The van der Waals surface area contributed by atoms with Crippen LogP contribution in [0, 0.1) is 0 Å². The lowest BCUT2D eigenvalue weighted by atomic mass is 9.95. The fraction of sp³-hybridized carbons (Fsp3) is 0.628. The fourth-order valence-electron chi connectivity index (χ4n) is 12.0. The molecule has 0 spiro atoms. The molecule has 5 rings (SSSR count). The predicted molar refractivity (Wildman–Crippen MR) is 373 cm³/mol. The van der Waals surface area contributed by atoms with E-state index in [1.165, 1.54) is 76.7 Å². The maximum Gasteiger partial charge on any atom is 0.377 e. The van der Waals surface area contributed by atoms with Crippen molar-refractivity contribution < 1.29 is 65.4 Å². The van der Waals surface area contributed by atoms with Crippen LogP contribution in [-0.4, -0.2) is 86.6 Å². The van der Waals surface area contributed by atoms with Crippen LogP contribution >= 0.6 is 7.37 Å². The van der Waals surface area contributed by atoms with Crippen molar-refractivity contribution in [2.24, 2.45) is 0 Å². The number of carbonyl (C=O) groups is 3. The highest BCUT2D eigenvalue weighted by Crippen LogP contribution is 2.49. The molecule has 7 atom stereocenters. The molecule has 1 heterocycles. The Balaban J connectivity index is 1.51. The number of amides is 1. The summed E-state index contributed by atoms with van der Waals surface area (Å²) in [6.07, 6.45) is 21.7. The molecule has 16 heteroatoms. The Morgan fingerprint density at radius 3 is 1.50 bits per heavy atom. The molecule has 1 fully saturated rings. The van der Waals surface area contributed by atoms with Crippen molar-refractivity contribution in [2.75, 3.05) is 20.0 Å². The molecular weight excluding hydrogens is 1210 g/mol. The zero-order valence-electron chi connectivity index (χ0n) is 57.3. The molecule has 13 nitrogen and oxygen atoms in total. The van der Waals surface area contributed by atoms with E-state index in [0.717, 1.165) is 101 Å². The largest absolute Gasteiger partial charge is 0.457 e. The van der Waals surface area contributed by atoms with Crippen molar-refractivity contribution in [2.45, 2.75) is 295 Å². The third kappa shape index (κ3) is 31.8. The van der Waals surface area contributed by atoms with Gasteiger partial charge in [0.05, 0.1) is 45.4 Å². The van der Waals surface area contributed by atoms with Crippen LogP contribution in [0.5, 0.6) is 0 Å². The fourth-order valence-corrected chi connectivity index (χ4v) is 14.3. The molecule has 0 radical (unpaired) electrons. The number of benzene rings is 4. The number of unbranched alkanes of at least 4 members (excludes halogenated alkanes) is 25. The third-order valence-corrected chi connectivity index (χ3v) is 20.0. The van der Waals surface area contributed by atoms with Crippen molar-refractivity contribution in [1.29, 1.82) is 0 Å². The number of nitrogens with one attached hydrogen (secondary N) is 1. The normalized spacial score (nSPS) is 17.3. The molecule has 0 bridgehead atoms. The molecule has 1 aliphatic heterocycles. The lowest BCUT2D eigenvalue weighted by molar-refractivity contribution is -0.272. The number of hydrogen-bond donors (Lipinski definition) is 1. The average molecular weight is 1330 g/mol. The van der Waals surface area contributed by atoms with Crippen molar-refractivity contribution in [3.05, 3.63) is 145 Å².